The molecule has 0 radical (unpaired) electrons. The van der Waals surface area contributed by atoms with E-state index in [0.29, 0.717) is 9.54 Å². The van der Waals surface area contributed by atoms with Crippen molar-refractivity contribution in [2.24, 2.45) is 5.92 Å². The van der Waals surface area contributed by atoms with Crippen molar-refractivity contribution in [1.82, 2.24) is 0 Å². The molecular formula is C28H38Cl2SiZr. The fraction of sp³-hybridized carbons (Fsp3) is 0.357. The summed E-state index contributed by atoms with van der Waals surface area (Å²) in [4.78, 5) is 0. The Bertz CT molecular complexity index is 1210. The predicted molar refractivity (Wildman–Crippen MR) is 147 cm³/mol. The maximum absolute atomic E-state index is 3.32. The first-order valence-corrected chi connectivity index (χ1v) is 24.9. The molecule has 2 aliphatic carbocycles. The van der Waals surface area contributed by atoms with Crippen LogP contribution < -0.4 is 0 Å². The van der Waals surface area contributed by atoms with Gasteiger partial charge in [0, 0.05) is 0 Å². The molecule has 0 saturated heterocycles. The van der Waals surface area contributed by atoms with E-state index in [-0.39, 0.29) is 24.8 Å². The number of aryl methyl sites for hydroxylation is 1. The molecule has 0 bridgehead atoms. The summed E-state index contributed by atoms with van der Waals surface area (Å²) in [6.07, 6.45) is 3.75. The minimum atomic E-state index is -3.32. The summed E-state index contributed by atoms with van der Waals surface area (Å²) in [5.41, 5.74) is 12.1. The predicted octanol–water partition coefficient (Wildman–Crippen LogP) is 8.17. The third-order valence-electron chi connectivity index (χ3n) is 8.13. The van der Waals surface area contributed by atoms with Crippen molar-refractivity contribution in [3.05, 3.63) is 96.9 Å². The number of halogens is 2. The average molecular weight is 565 g/mol. The molecule has 2 unspecified atom stereocenters. The quantitative estimate of drug-likeness (QED) is 0.329. The Morgan fingerprint density at radius 3 is 1.97 bits per heavy atom. The second-order valence-electron chi connectivity index (χ2n) is 10.5. The van der Waals surface area contributed by atoms with Crippen molar-refractivity contribution < 1.29 is 17.4 Å². The van der Waals surface area contributed by atoms with Crippen molar-refractivity contribution in [2.45, 2.75) is 53.9 Å². The van der Waals surface area contributed by atoms with Gasteiger partial charge in [-0.3, -0.25) is 0 Å². The molecule has 0 spiro atoms. The van der Waals surface area contributed by atoms with Crippen LogP contribution in [0.5, 0.6) is 0 Å². The van der Waals surface area contributed by atoms with E-state index in [0.717, 1.165) is 6.42 Å². The van der Waals surface area contributed by atoms with E-state index in [9.17, 15) is 0 Å². The van der Waals surface area contributed by atoms with Gasteiger partial charge < -0.3 is 0 Å². The molecule has 2 aliphatic rings. The normalized spacial score (nSPS) is 20.6. The Morgan fingerprint density at radius 1 is 0.844 bits per heavy atom. The Morgan fingerprint density at radius 2 is 1.41 bits per heavy atom. The van der Waals surface area contributed by atoms with E-state index in [1.807, 2.05) is 3.28 Å². The average Bonchev–Trinajstić information content (AvgIpc) is 3.21. The zero-order valence-electron chi connectivity index (χ0n) is 20.6. The minimum absolute atomic E-state index is 0. The van der Waals surface area contributed by atoms with E-state index in [1.165, 1.54) is 22.3 Å². The molecular weight excluding hydrogens is 527 g/mol. The van der Waals surface area contributed by atoms with Gasteiger partial charge in [-0.05, 0) is 0 Å². The fourth-order valence-corrected chi connectivity index (χ4v) is 24.8. The molecule has 32 heavy (non-hydrogen) atoms. The van der Waals surface area contributed by atoms with Crippen LogP contribution in [0.2, 0.25) is 9.26 Å². The Balaban J connectivity index is 0.00000181. The zero-order valence-corrected chi connectivity index (χ0v) is 26.1. The number of hydrogen-bond donors (Lipinski definition) is 0. The number of hydrogen-bond acceptors (Lipinski definition) is 0. The summed E-state index contributed by atoms with van der Waals surface area (Å²) in [6.45, 7) is 14.2. The molecule has 2 aromatic rings. The molecule has 4 rings (SSSR count). The van der Waals surface area contributed by atoms with Crippen molar-refractivity contribution >= 4 is 37.3 Å². The molecule has 0 amide bonds. The van der Waals surface area contributed by atoms with Gasteiger partial charge in [-0.1, -0.05) is 0 Å². The SMILES string of the molecule is CCc1ccccc1C1=C[CH]([Zr]([CH3])([CH3])(=[SiH2])[C]2=C(C)C(C)=C(C)C2C)c2ccccc21.Cl.Cl. The van der Waals surface area contributed by atoms with E-state index in [4.69, 9.17) is 0 Å². The van der Waals surface area contributed by atoms with E-state index >= 15 is 0 Å². The van der Waals surface area contributed by atoms with Gasteiger partial charge in [0.2, 0.25) is 0 Å². The molecule has 0 nitrogen and oxygen atoms in total. The maximum atomic E-state index is 2.70. The molecule has 2 atom stereocenters. The third-order valence-corrected chi connectivity index (χ3v) is 25.4. The van der Waals surface area contributed by atoms with Gasteiger partial charge in [0.05, 0.1) is 0 Å². The van der Waals surface area contributed by atoms with Gasteiger partial charge in [0.1, 0.15) is 0 Å². The minimum Gasteiger partial charge on any atom is -0.147 e. The van der Waals surface area contributed by atoms with E-state index < -0.39 is 17.4 Å². The summed E-state index contributed by atoms with van der Waals surface area (Å²) in [6, 6.07) is 18.2. The number of benzene rings is 2. The van der Waals surface area contributed by atoms with Crippen LogP contribution in [0, 0.1) is 5.92 Å². The first-order chi connectivity index (χ1) is 14.1. The second kappa shape index (κ2) is 9.53. The standard InChI is InChI=1S/C17H15.C9H13.2CH3.2ClH.H2Si.Zr/c1-2-13-7-3-5-9-15(13)17-12-11-14-8-4-6-10-16(14)17;1-6-5-7(2)9(4)8(6)3;;;;;;/h3-12H,2H2,1H3;6H,1-4H3;2*1H3;2*1H;1H2;. The summed E-state index contributed by atoms with van der Waals surface area (Å²) in [5.74, 6) is 0.593. The first kappa shape index (κ1) is 27.6. The van der Waals surface area contributed by atoms with Crippen LogP contribution in [-0.4, -0.2) is 6.88 Å². The molecule has 2 aromatic carbocycles. The third kappa shape index (κ3) is 4.15. The number of rotatable bonds is 4. The Labute approximate surface area is 210 Å². The van der Waals surface area contributed by atoms with Gasteiger partial charge in [-0.15, -0.1) is 24.8 Å². The van der Waals surface area contributed by atoms with Crippen LogP contribution in [0.1, 0.15) is 60.5 Å². The molecule has 4 heteroatoms. The summed E-state index contributed by atoms with van der Waals surface area (Å²) >= 11 is -3.32. The second-order valence-corrected chi connectivity index (χ2v) is 40.1. The largest absolute Gasteiger partial charge is 0.147 e. The Hall–Kier alpha value is -0.660. The van der Waals surface area contributed by atoms with Crippen LogP contribution in [0.25, 0.3) is 5.57 Å². The van der Waals surface area contributed by atoms with Gasteiger partial charge in [-0.25, -0.2) is 0 Å². The smallest absolute Gasteiger partial charge is 0.147 e. The summed E-state index contributed by atoms with van der Waals surface area (Å²) < 4.78 is 7.79. The van der Waals surface area contributed by atoms with E-state index in [1.54, 1.807) is 22.3 Å². The topological polar surface area (TPSA) is 0 Å². The Kier molecular flexibility index (Phi) is 8.22. The van der Waals surface area contributed by atoms with Crippen molar-refractivity contribution in [1.29, 1.82) is 0 Å². The molecule has 0 N–H and O–H groups in total. The maximum Gasteiger partial charge on any atom is -0.147 e. The summed E-state index contributed by atoms with van der Waals surface area (Å²) in [5, 5.41) is 0. The number of fused-ring (bicyclic) bond motifs is 1. The van der Waals surface area contributed by atoms with Crippen LogP contribution in [0.15, 0.2) is 74.6 Å². The fourth-order valence-electron chi connectivity index (χ4n) is 6.31. The monoisotopic (exact) mass is 562 g/mol. The van der Waals surface area contributed by atoms with Crippen LogP contribution in [0.3, 0.4) is 0 Å². The van der Waals surface area contributed by atoms with Crippen LogP contribution >= 0.6 is 24.8 Å². The van der Waals surface area contributed by atoms with Crippen molar-refractivity contribution in [3.8, 4) is 0 Å². The van der Waals surface area contributed by atoms with Crippen LogP contribution in [-0.2, 0) is 23.8 Å². The molecule has 0 fully saturated rings. The summed E-state index contributed by atoms with van der Waals surface area (Å²) in [7, 11) is 0. The number of allylic oxidation sites excluding steroid dienone is 5. The van der Waals surface area contributed by atoms with Crippen LogP contribution in [0.4, 0.5) is 0 Å². The van der Waals surface area contributed by atoms with E-state index in [2.05, 4.69) is 105 Å². The molecule has 0 heterocycles. The van der Waals surface area contributed by atoms with Gasteiger partial charge in [0.15, 0.2) is 0 Å². The van der Waals surface area contributed by atoms with Gasteiger partial charge >= 0.3 is 187 Å². The zero-order chi connectivity index (χ0) is 21.9. The molecule has 0 aromatic heterocycles. The molecule has 0 aliphatic heterocycles. The molecule has 0 saturated carbocycles. The molecule has 172 valence electrons. The van der Waals surface area contributed by atoms with Crippen molar-refractivity contribution in [3.63, 3.8) is 0 Å². The van der Waals surface area contributed by atoms with Gasteiger partial charge in [0.25, 0.3) is 0 Å². The van der Waals surface area contributed by atoms with Gasteiger partial charge in [-0.2, -0.15) is 0 Å². The first-order valence-electron chi connectivity index (χ1n) is 11.4. The van der Waals surface area contributed by atoms with Crippen molar-refractivity contribution in [2.75, 3.05) is 0 Å².